The summed E-state index contributed by atoms with van der Waals surface area (Å²) < 4.78 is 5.09. The highest BCUT2D eigenvalue weighted by molar-refractivity contribution is 5.38. The maximum Gasteiger partial charge on any atom is 0.156 e. The molecule has 0 bridgehead atoms. The first-order valence-electron chi connectivity index (χ1n) is 7.53. The molecular weight excluding hydrogens is 278 g/mol. The molecule has 3 heterocycles. The van der Waals surface area contributed by atoms with Gasteiger partial charge in [-0.2, -0.15) is 0 Å². The van der Waals surface area contributed by atoms with Gasteiger partial charge in [0.2, 0.25) is 0 Å². The van der Waals surface area contributed by atoms with E-state index in [4.69, 9.17) is 4.74 Å². The fourth-order valence-corrected chi connectivity index (χ4v) is 2.62. The van der Waals surface area contributed by atoms with Gasteiger partial charge in [0.1, 0.15) is 12.4 Å². The van der Waals surface area contributed by atoms with Crippen LogP contribution in [0.1, 0.15) is 11.5 Å². The number of piperazine rings is 1. The first kappa shape index (κ1) is 14.9. The second-order valence-corrected chi connectivity index (χ2v) is 5.35. The summed E-state index contributed by atoms with van der Waals surface area (Å²) in [5.74, 6) is 1.72. The average Bonchev–Trinajstić information content (AvgIpc) is 2.57. The van der Waals surface area contributed by atoms with Gasteiger partial charge in [-0.25, -0.2) is 9.97 Å². The third-order valence-electron chi connectivity index (χ3n) is 3.77. The van der Waals surface area contributed by atoms with E-state index in [1.165, 1.54) is 0 Å². The molecule has 2 aromatic rings. The van der Waals surface area contributed by atoms with Crippen molar-refractivity contribution in [3.63, 3.8) is 0 Å². The van der Waals surface area contributed by atoms with Gasteiger partial charge in [0, 0.05) is 52.2 Å². The van der Waals surface area contributed by atoms with Crippen LogP contribution in [0.15, 0.2) is 36.7 Å². The molecule has 6 heteroatoms. The molecule has 1 aliphatic rings. The lowest BCUT2D eigenvalue weighted by Crippen LogP contribution is -2.46. The van der Waals surface area contributed by atoms with Crippen molar-refractivity contribution in [2.45, 2.75) is 13.2 Å². The van der Waals surface area contributed by atoms with Crippen LogP contribution in [0.3, 0.4) is 0 Å². The molecule has 2 aromatic heterocycles. The summed E-state index contributed by atoms with van der Waals surface area (Å²) in [7, 11) is 1.66. The highest BCUT2D eigenvalue weighted by Gasteiger charge is 2.18. The lowest BCUT2D eigenvalue weighted by atomic mass is 10.2. The third-order valence-corrected chi connectivity index (χ3v) is 3.77. The van der Waals surface area contributed by atoms with Crippen LogP contribution in [-0.2, 0) is 17.9 Å². The molecule has 0 unspecified atom stereocenters. The number of aromatic nitrogens is 3. The van der Waals surface area contributed by atoms with E-state index in [9.17, 15) is 0 Å². The van der Waals surface area contributed by atoms with Gasteiger partial charge in [-0.1, -0.05) is 6.07 Å². The van der Waals surface area contributed by atoms with Gasteiger partial charge < -0.3 is 9.64 Å². The minimum absolute atomic E-state index is 0.452. The normalized spacial score (nSPS) is 16.0. The van der Waals surface area contributed by atoms with Crippen LogP contribution < -0.4 is 4.90 Å². The van der Waals surface area contributed by atoms with Crippen molar-refractivity contribution in [3.8, 4) is 0 Å². The molecule has 0 atom stereocenters. The van der Waals surface area contributed by atoms with Crippen molar-refractivity contribution in [2.75, 3.05) is 38.2 Å². The Morgan fingerprint density at radius 2 is 1.91 bits per heavy atom. The Bertz CT molecular complexity index is 584. The lowest BCUT2D eigenvalue weighted by Gasteiger charge is -2.35. The summed E-state index contributed by atoms with van der Waals surface area (Å²) in [6.45, 7) is 5.33. The molecule has 0 radical (unpaired) electrons. The number of hydrogen-bond donors (Lipinski definition) is 0. The highest BCUT2D eigenvalue weighted by atomic mass is 16.5. The Morgan fingerprint density at radius 3 is 2.64 bits per heavy atom. The minimum atomic E-state index is 0.452. The Labute approximate surface area is 130 Å². The maximum absolute atomic E-state index is 5.09. The fourth-order valence-electron chi connectivity index (χ4n) is 2.62. The lowest BCUT2D eigenvalue weighted by molar-refractivity contribution is 0.177. The summed E-state index contributed by atoms with van der Waals surface area (Å²) in [5, 5.41) is 0. The molecule has 0 spiro atoms. The zero-order valence-corrected chi connectivity index (χ0v) is 12.9. The predicted molar refractivity (Wildman–Crippen MR) is 84.5 cm³/mol. The molecule has 0 aliphatic carbocycles. The van der Waals surface area contributed by atoms with Crippen LogP contribution in [0.5, 0.6) is 0 Å². The SMILES string of the molecule is COCc1nccc(N2CCN(Cc3ccccn3)CC2)n1. The van der Waals surface area contributed by atoms with Gasteiger partial charge in [0.05, 0.1) is 5.69 Å². The number of nitrogens with zero attached hydrogens (tertiary/aromatic N) is 5. The van der Waals surface area contributed by atoms with Crippen molar-refractivity contribution in [2.24, 2.45) is 0 Å². The van der Waals surface area contributed by atoms with E-state index in [1.807, 2.05) is 24.4 Å². The van der Waals surface area contributed by atoms with E-state index in [1.54, 1.807) is 13.3 Å². The molecule has 116 valence electrons. The summed E-state index contributed by atoms with van der Waals surface area (Å²) in [6.07, 6.45) is 3.65. The van der Waals surface area contributed by atoms with Crippen molar-refractivity contribution < 1.29 is 4.74 Å². The molecule has 0 aromatic carbocycles. The van der Waals surface area contributed by atoms with Crippen molar-refractivity contribution in [1.29, 1.82) is 0 Å². The standard InChI is InChI=1S/C16H21N5O/c1-22-13-15-18-7-5-16(19-15)21-10-8-20(9-11-21)12-14-4-2-3-6-17-14/h2-7H,8-13H2,1H3. The van der Waals surface area contributed by atoms with E-state index in [-0.39, 0.29) is 0 Å². The van der Waals surface area contributed by atoms with Gasteiger partial charge in [-0.05, 0) is 18.2 Å². The summed E-state index contributed by atoms with van der Waals surface area (Å²) in [4.78, 5) is 17.9. The van der Waals surface area contributed by atoms with Crippen LogP contribution in [-0.4, -0.2) is 53.1 Å². The smallest absolute Gasteiger partial charge is 0.156 e. The molecule has 6 nitrogen and oxygen atoms in total. The third kappa shape index (κ3) is 3.78. The van der Waals surface area contributed by atoms with Crippen LogP contribution in [0, 0.1) is 0 Å². The predicted octanol–water partition coefficient (Wildman–Crippen LogP) is 1.34. The van der Waals surface area contributed by atoms with Crippen molar-refractivity contribution in [1.82, 2.24) is 19.9 Å². The molecule has 1 saturated heterocycles. The number of rotatable bonds is 5. The first-order chi connectivity index (χ1) is 10.8. The number of pyridine rings is 1. The van der Waals surface area contributed by atoms with Gasteiger partial charge in [0.25, 0.3) is 0 Å². The van der Waals surface area contributed by atoms with E-state index >= 15 is 0 Å². The minimum Gasteiger partial charge on any atom is -0.377 e. The Hall–Kier alpha value is -2.05. The second kappa shape index (κ2) is 7.29. The van der Waals surface area contributed by atoms with Gasteiger partial charge in [-0.15, -0.1) is 0 Å². The van der Waals surface area contributed by atoms with E-state index in [0.29, 0.717) is 6.61 Å². The molecule has 0 saturated carbocycles. The number of anilines is 1. The first-order valence-corrected chi connectivity index (χ1v) is 7.53. The number of methoxy groups -OCH3 is 1. The molecular formula is C16H21N5O. The summed E-state index contributed by atoms with van der Waals surface area (Å²) in [6, 6.07) is 8.03. The number of hydrogen-bond acceptors (Lipinski definition) is 6. The van der Waals surface area contributed by atoms with Crippen molar-refractivity contribution >= 4 is 5.82 Å². The topological polar surface area (TPSA) is 54.4 Å². The second-order valence-electron chi connectivity index (χ2n) is 5.35. The average molecular weight is 299 g/mol. The molecule has 22 heavy (non-hydrogen) atoms. The molecule has 1 fully saturated rings. The summed E-state index contributed by atoms with van der Waals surface area (Å²) in [5.41, 5.74) is 1.13. The fraction of sp³-hybridized carbons (Fsp3) is 0.438. The van der Waals surface area contributed by atoms with Gasteiger partial charge >= 0.3 is 0 Å². The Balaban J connectivity index is 1.56. The van der Waals surface area contributed by atoms with Crippen LogP contribution >= 0.6 is 0 Å². The van der Waals surface area contributed by atoms with Crippen LogP contribution in [0.25, 0.3) is 0 Å². The Morgan fingerprint density at radius 1 is 1.05 bits per heavy atom. The number of ether oxygens (including phenoxy) is 1. The van der Waals surface area contributed by atoms with E-state index in [2.05, 4.69) is 30.8 Å². The zero-order valence-electron chi connectivity index (χ0n) is 12.9. The maximum atomic E-state index is 5.09. The zero-order chi connectivity index (χ0) is 15.2. The molecule has 0 amide bonds. The largest absolute Gasteiger partial charge is 0.377 e. The molecule has 0 N–H and O–H groups in total. The van der Waals surface area contributed by atoms with Crippen LogP contribution in [0.2, 0.25) is 0 Å². The quantitative estimate of drug-likeness (QED) is 0.830. The molecule has 1 aliphatic heterocycles. The summed E-state index contributed by atoms with van der Waals surface area (Å²) >= 11 is 0. The van der Waals surface area contributed by atoms with Gasteiger partial charge in [-0.3, -0.25) is 9.88 Å². The molecule has 3 rings (SSSR count). The van der Waals surface area contributed by atoms with Gasteiger partial charge in [0.15, 0.2) is 5.82 Å². The highest BCUT2D eigenvalue weighted by Crippen LogP contribution is 2.14. The van der Waals surface area contributed by atoms with E-state index in [0.717, 1.165) is 50.1 Å². The monoisotopic (exact) mass is 299 g/mol. The van der Waals surface area contributed by atoms with Crippen LogP contribution in [0.4, 0.5) is 5.82 Å². The Kier molecular flexibility index (Phi) is 4.92. The van der Waals surface area contributed by atoms with Crippen molar-refractivity contribution in [3.05, 3.63) is 48.2 Å². The van der Waals surface area contributed by atoms with E-state index < -0.39 is 0 Å².